The highest BCUT2D eigenvalue weighted by molar-refractivity contribution is 9.10. The first-order chi connectivity index (χ1) is 19.1. The fourth-order valence-corrected chi connectivity index (χ4v) is 4.35. The molecule has 0 spiro atoms. The van der Waals surface area contributed by atoms with E-state index in [9.17, 15) is 14.4 Å². The van der Waals surface area contributed by atoms with Crippen molar-refractivity contribution in [3.05, 3.63) is 86.9 Å². The Bertz CT molecular complexity index is 1380. The lowest BCUT2D eigenvalue weighted by Crippen LogP contribution is -2.37. The molecule has 9 nitrogen and oxygen atoms in total. The van der Waals surface area contributed by atoms with Gasteiger partial charge in [-0.1, -0.05) is 56.3 Å². The molecule has 0 aliphatic carbocycles. The zero-order valence-corrected chi connectivity index (χ0v) is 24.7. The summed E-state index contributed by atoms with van der Waals surface area (Å²) < 4.78 is 11.7. The third-order valence-corrected chi connectivity index (χ3v) is 6.62. The summed E-state index contributed by atoms with van der Waals surface area (Å²) in [7, 11) is 1.47. The molecular formula is C30H33BrN4O5. The van der Waals surface area contributed by atoms with Gasteiger partial charge in [-0.15, -0.1) is 0 Å². The van der Waals surface area contributed by atoms with Gasteiger partial charge in [0.05, 0.1) is 17.8 Å². The molecule has 0 atom stereocenters. The van der Waals surface area contributed by atoms with Crippen LogP contribution in [0.5, 0.6) is 11.5 Å². The van der Waals surface area contributed by atoms with Crippen LogP contribution in [0.4, 0.5) is 5.69 Å². The van der Waals surface area contributed by atoms with Crippen molar-refractivity contribution in [1.29, 1.82) is 0 Å². The zero-order chi connectivity index (χ0) is 29.2. The number of anilines is 1. The summed E-state index contributed by atoms with van der Waals surface area (Å²) in [5, 5.41) is 9.31. The maximum absolute atomic E-state index is 12.5. The van der Waals surface area contributed by atoms with Gasteiger partial charge in [0.1, 0.15) is 0 Å². The van der Waals surface area contributed by atoms with E-state index in [0.29, 0.717) is 27.5 Å². The largest absolute Gasteiger partial charge is 0.493 e. The average molecular weight is 610 g/mol. The van der Waals surface area contributed by atoms with E-state index in [2.05, 4.69) is 50.9 Å². The van der Waals surface area contributed by atoms with Gasteiger partial charge in [-0.05, 0) is 75.6 Å². The molecule has 3 aromatic carbocycles. The van der Waals surface area contributed by atoms with Gasteiger partial charge in [0.2, 0.25) is 0 Å². The van der Waals surface area contributed by atoms with Gasteiger partial charge in [0.15, 0.2) is 18.1 Å². The van der Waals surface area contributed by atoms with Crippen LogP contribution in [-0.2, 0) is 20.9 Å². The second-order valence-electron chi connectivity index (χ2n) is 9.42. The number of hydrogen-bond donors (Lipinski definition) is 3. The first-order valence-electron chi connectivity index (χ1n) is 12.7. The number of aryl methyl sites for hydroxylation is 2. The lowest BCUT2D eigenvalue weighted by Gasteiger charge is -2.15. The highest BCUT2D eigenvalue weighted by atomic mass is 79.9. The van der Waals surface area contributed by atoms with Crippen LogP contribution in [0.3, 0.4) is 0 Å². The first-order valence-corrected chi connectivity index (χ1v) is 13.4. The number of methoxy groups -OCH3 is 1. The Morgan fingerprint density at radius 1 is 1.00 bits per heavy atom. The smallest absolute Gasteiger partial charge is 0.329 e. The van der Waals surface area contributed by atoms with Gasteiger partial charge in [-0.25, -0.2) is 5.43 Å². The van der Waals surface area contributed by atoms with Crippen molar-refractivity contribution in [2.24, 2.45) is 5.10 Å². The molecule has 0 saturated carbocycles. The molecule has 210 valence electrons. The SMILES string of the molecule is COc1cc(/C=N\NC(=O)C(=O)NCc2ccc(C(C)C)cc2)cc(Br)c1OCC(=O)Nc1c(C)cccc1C. The van der Waals surface area contributed by atoms with E-state index in [4.69, 9.17) is 9.47 Å². The minimum atomic E-state index is -0.893. The molecule has 3 N–H and O–H groups in total. The molecule has 0 fully saturated rings. The summed E-state index contributed by atoms with van der Waals surface area (Å²) in [6.07, 6.45) is 1.36. The van der Waals surface area contributed by atoms with Crippen LogP contribution in [0.1, 0.15) is 47.6 Å². The number of benzene rings is 3. The molecule has 0 heterocycles. The van der Waals surface area contributed by atoms with E-state index in [1.165, 1.54) is 18.9 Å². The molecule has 0 aromatic heterocycles. The summed E-state index contributed by atoms with van der Waals surface area (Å²) in [6, 6.07) is 16.9. The maximum Gasteiger partial charge on any atom is 0.329 e. The van der Waals surface area contributed by atoms with E-state index in [-0.39, 0.29) is 19.1 Å². The van der Waals surface area contributed by atoms with Crippen LogP contribution < -0.4 is 25.5 Å². The van der Waals surface area contributed by atoms with Crippen molar-refractivity contribution >= 4 is 45.6 Å². The molecule has 40 heavy (non-hydrogen) atoms. The topological polar surface area (TPSA) is 118 Å². The highest BCUT2D eigenvalue weighted by Crippen LogP contribution is 2.36. The van der Waals surface area contributed by atoms with Crippen LogP contribution >= 0.6 is 15.9 Å². The minimum Gasteiger partial charge on any atom is -0.493 e. The third-order valence-electron chi connectivity index (χ3n) is 6.03. The minimum absolute atomic E-state index is 0.225. The molecule has 10 heteroatoms. The summed E-state index contributed by atoms with van der Waals surface area (Å²) in [5.41, 5.74) is 7.52. The number of nitrogens with one attached hydrogen (secondary N) is 3. The number of hydrazone groups is 1. The van der Waals surface area contributed by atoms with E-state index in [1.54, 1.807) is 12.1 Å². The second kappa shape index (κ2) is 14.3. The zero-order valence-electron chi connectivity index (χ0n) is 23.1. The lowest BCUT2D eigenvalue weighted by molar-refractivity contribution is -0.139. The maximum atomic E-state index is 12.5. The Morgan fingerprint density at radius 3 is 2.30 bits per heavy atom. The fraction of sp³-hybridized carbons (Fsp3) is 0.267. The van der Waals surface area contributed by atoms with Gasteiger partial charge in [-0.2, -0.15) is 5.10 Å². The molecule has 0 radical (unpaired) electrons. The second-order valence-corrected chi connectivity index (χ2v) is 10.3. The van der Waals surface area contributed by atoms with E-state index in [1.807, 2.05) is 56.3 Å². The summed E-state index contributed by atoms with van der Waals surface area (Å²) in [5.74, 6) is -0.908. The number of carbonyl (C=O) groups excluding carboxylic acids is 3. The van der Waals surface area contributed by atoms with Crippen LogP contribution in [-0.4, -0.2) is 37.7 Å². The van der Waals surface area contributed by atoms with Crippen molar-refractivity contribution in [3.63, 3.8) is 0 Å². The van der Waals surface area contributed by atoms with Gasteiger partial charge in [0, 0.05) is 12.2 Å². The molecule has 3 aromatic rings. The van der Waals surface area contributed by atoms with Gasteiger partial charge in [-0.3, -0.25) is 14.4 Å². The van der Waals surface area contributed by atoms with Crippen molar-refractivity contribution < 1.29 is 23.9 Å². The molecule has 0 aliphatic rings. The summed E-state index contributed by atoms with van der Waals surface area (Å²) >= 11 is 3.43. The van der Waals surface area contributed by atoms with Gasteiger partial charge >= 0.3 is 11.8 Å². The molecular weight excluding hydrogens is 576 g/mol. The highest BCUT2D eigenvalue weighted by Gasteiger charge is 2.15. The van der Waals surface area contributed by atoms with Crippen molar-refractivity contribution in [2.45, 2.75) is 40.2 Å². The Kier molecular flexibility index (Phi) is 10.8. The van der Waals surface area contributed by atoms with Crippen molar-refractivity contribution in [2.75, 3.05) is 19.0 Å². The van der Waals surface area contributed by atoms with Gasteiger partial charge in [0.25, 0.3) is 5.91 Å². The number of para-hydroxylation sites is 1. The molecule has 0 unspecified atom stereocenters. The number of halogens is 1. The Labute approximate surface area is 242 Å². The van der Waals surface area contributed by atoms with Crippen LogP contribution in [0.25, 0.3) is 0 Å². The monoisotopic (exact) mass is 608 g/mol. The van der Waals surface area contributed by atoms with Crippen LogP contribution in [0, 0.1) is 13.8 Å². The number of carbonyl (C=O) groups is 3. The average Bonchev–Trinajstić information content (AvgIpc) is 2.93. The number of amides is 3. The van der Waals surface area contributed by atoms with Crippen LogP contribution in [0.2, 0.25) is 0 Å². The lowest BCUT2D eigenvalue weighted by atomic mass is 10.0. The van der Waals surface area contributed by atoms with Crippen molar-refractivity contribution in [3.8, 4) is 11.5 Å². The van der Waals surface area contributed by atoms with E-state index >= 15 is 0 Å². The number of hydrogen-bond acceptors (Lipinski definition) is 6. The normalized spacial score (nSPS) is 10.9. The molecule has 0 aliphatic heterocycles. The molecule has 0 saturated heterocycles. The van der Waals surface area contributed by atoms with Crippen LogP contribution in [0.15, 0.2) is 64.2 Å². The summed E-state index contributed by atoms with van der Waals surface area (Å²) in [6.45, 7) is 8.05. The van der Waals surface area contributed by atoms with Gasteiger partial charge < -0.3 is 20.1 Å². The Hall–Kier alpha value is -4.18. The Morgan fingerprint density at radius 2 is 1.68 bits per heavy atom. The predicted molar refractivity (Wildman–Crippen MR) is 159 cm³/mol. The molecule has 0 bridgehead atoms. The van der Waals surface area contributed by atoms with E-state index < -0.39 is 11.8 Å². The molecule has 3 rings (SSSR count). The van der Waals surface area contributed by atoms with E-state index in [0.717, 1.165) is 22.4 Å². The Balaban J connectivity index is 1.54. The number of rotatable bonds is 10. The molecule has 3 amide bonds. The number of nitrogens with zero attached hydrogens (tertiary/aromatic N) is 1. The standard InChI is InChI=1S/C30H33BrN4O5/c1-18(2)23-11-9-21(10-12-23)15-32-29(37)30(38)35-33-16-22-13-24(31)28(25(14-22)39-5)40-17-26(36)34-27-19(3)7-6-8-20(27)4/h6-14,16,18H,15,17H2,1-5H3,(H,32,37)(H,34,36)(H,35,38)/b33-16-. The quantitative estimate of drug-likeness (QED) is 0.170. The third kappa shape index (κ3) is 8.41. The fourth-order valence-electron chi connectivity index (χ4n) is 3.78. The summed E-state index contributed by atoms with van der Waals surface area (Å²) in [4.78, 5) is 36.8. The first kappa shape index (κ1) is 30.4. The number of ether oxygens (including phenoxy) is 2. The van der Waals surface area contributed by atoms with Crippen molar-refractivity contribution in [1.82, 2.24) is 10.7 Å². The predicted octanol–water partition coefficient (Wildman–Crippen LogP) is 4.98.